The highest BCUT2D eigenvalue weighted by molar-refractivity contribution is 6.15. The minimum atomic E-state index is -4.43. The number of anilines is 1. The van der Waals surface area contributed by atoms with Gasteiger partial charge in [0.2, 0.25) is 5.91 Å². The molecule has 3 heterocycles. The molecule has 4 rings (SSSR count). The third-order valence-corrected chi connectivity index (χ3v) is 5.71. The van der Waals surface area contributed by atoms with Crippen molar-refractivity contribution in [2.24, 2.45) is 4.99 Å². The van der Waals surface area contributed by atoms with Crippen molar-refractivity contribution in [2.45, 2.75) is 31.6 Å². The molecule has 1 aromatic heterocycles. The first-order valence-electron chi connectivity index (χ1n) is 10.1. The van der Waals surface area contributed by atoms with Gasteiger partial charge in [-0.15, -0.1) is 0 Å². The first kappa shape index (κ1) is 21.7. The molecule has 0 radical (unpaired) electrons. The number of alkyl halides is 3. The third-order valence-electron chi connectivity index (χ3n) is 5.71. The number of likely N-dealkylation sites (tertiary alicyclic amines) is 1. The van der Waals surface area contributed by atoms with Crippen molar-refractivity contribution >= 4 is 23.7 Å². The van der Waals surface area contributed by atoms with E-state index in [1.807, 2.05) is 0 Å². The molecule has 0 aliphatic carbocycles. The van der Waals surface area contributed by atoms with Crippen LogP contribution >= 0.6 is 0 Å². The molecule has 0 spiro atoms. The highest BCUT2D eigenvalue weighted by Crippen LogP contribution is 2.35. The predicted molar refractivity (Wildman–Crippen MR) is 115 cm³/mol. The van der Waals surface area contributed by atoms with Crippen LogP contribution in [0.1, 0.15) is 34.8 Å². The maximum absolute atomic E-state index is 13.0. The van der Waals surface area contributed by atoms with Crippen LogP contribution in [0.2, 0.25) is 0 Å². The molecule has 2 aliphatic heterocycles. The summed E-state index contributed by atoms with van der Waals surface area (Å²) in [6.07, 6.45) is 0.626. The third kappa shape index (κ3) is 4.02. The van der Waals surface area contributed by atoms with Crippen LogP contribution in [-0.4, -0.2) is 53.0 Å². The lowest BCUT2D eigenvalue weighted by atomic mass is 9.91. The summed E-state index contributed by atoms with van der Waals surface area (Å²) in [6, 6.07) is 4.05. The van der Waals surface area contributed by atoms with Crippen molar-refractivity contribution in [3.8, 4) is 11.1 Å². The van der Waals surface area contributed by atoms with Gasteiger partial charge >= 0.3 is 6.18 Å². The van der Waals surface area contributed by atoms with Gasteiger partial charge in [0.15, 0.2) is 5.78 Å². The number of nitrogens with one attached hydrogen (secondary N) is 1. The van der Waals surface area contributed by atoms with E-state index in [2.05, 4.69) is 21.9 Å². The topological polar surface area (TPSA) is 74.7 Å². The molecule has 1 aromatic carbocycles. The molecule has 2 aromatic rings. The van der Waals surface area contributed by atoms with Crippen LogP contribution in [0.4, 0.5) is 19.0 Å². The number of hydrogen-bond acceptors (Lipinski definition) is 5. The first-order valence-corrected chi connectivity index (χ1v) is 10.1. The van der Waals surface area contributed by atoms with Gasteiger partial charge in [-0.1, -0.05) is 18.7 Å². The average molecular weight is 442 g/mol. The van der Waals surface area contributed by atoms with Crippen molar-refractivity contribution in [1.29, 1.82) is 0 Å². The molecule has 0 saturated carbocycles. The summed E-state index contributed by atoms with van der Waals surface area (Å²) in [4.78, 5) is 35.2. The van der Waals surface area contributed by atoms with E-state index in [0.717, 1.165) is 12.1 Å². The zero-order chi connectivity index (χ0) is 23.0. The van der Waals surface area contributed by atoms with Crippen LogP contribution in [0.15, 0.2) is 48.1 Å². The molecule has 1 amide bonds. The number of aliphatic imine (C=N–C) groups is 1. The highest BCUT2D eigenvalue weighted by Gasteiger charge is 2.32. The Hall–Kier alpha value is -3.49. The number of pyridine rings is 1. The van der Waals surface area contributed by atoms with E-state index in [4.69, 9.17) is 0 Å². The number of aromatic nitrogens is 1. The molecular formula is C23H21F3N4O2. The average Bonchev–Trinajstić information content (AvgIpc) is 3.24. The van der Waals surface area contributed by atoms with E-state index in [-0.39, 0.29) is 17.7 Å². The van der Waals surface area contributed by atoms with E-state index >= 15 is 0 Å². The fourth-order valence-electron chi connectivity index (χ4n) is 3.95. The molecular weight excluding hydrogens is 421 g/mol. The summed E-state index contributed by atoms with van der Waals surface area (Å²) in [5.41, 5.74) is 1.16. The summed E-state index contributed by atoms with van der Waals surface area (Å²) < 4.78 is 38.8. The molecule has 166 valence electrons. The molecule has 1 unspecified atom stereocenters. The first-order chi connectivity index (χ1) is 15.2. The molecule has 1 saturated heterocycles. The van der Waals surface area contributed by atoms with Gasteiger partial charge in [0.1, 0.15) is 11.9 Å². The number of carbonyl (C=O) groups excluding carboxylic acids is 2. The van der Waals surface area contributed by atoms with Gasteiger partial charge in [-0.2, -0.15) is 13.2 Å². The number of Topliss-reactive ketones (excluding diaryl/α,β-unsaturated/α-hetero) is 1. The second-order valence-electron chi connectivity index (χ2n) is 7.82. The molecule has 2 atom stereocenters. The zero-order valence-electron chi connectivity index (χ0n) is 17.3. The fraction of sp³-hybridized carbons (Fsp3) is 0.304. The highest BCUT2D eigenvalue weighted by atomic mass is 19.4. The van der Waals surface area contributed by atoms with Crippen molar-refractivity contribution < 1.29 is 22.8 Å². The Kier molecular flexibility index (Phi) is 5.58. The number of ketones is 1. The number of nitrogens with zero attached hydrogens (tertiary/aromatic N) is 3. The standard InChI is InChI=1S/C23H21F3N4O2/c1-3-19(31)30-9-8-16(12-30)29-22-20-18(11-27-13(2)21(20)32)17(10-28-22)14-4-6-15(7-5-14)23(24,25)26/h3-7,10-11,13,16H,1,8-9,12H2,2H3,(H,28,29)/t13-,16?/m0/s1. The number of hydrogen-bond donors (Lipinski definition) is 1. The smallest absolute Gasteiger partial charge is 0.365 e. The quantitative estimate of drug-likeness (QED) is 0.728. The zero-order valence-corrected chi connectivity index (χ0v) is 17.3. The fourth-order valence-corrected chi connectivity index (χ4v) is 3.95. The Morgan fingerprint density at radius 1 is 1.28 bits per heavy atom. The van der Waals surface area contributed by atoms with Crippen molar-refractivity contribution in [3.05, 3.63) is 59.8 Å². The number of amides is 1. The van der Waals surface area contributed by atoms with Gasteiger partial charge < -0.3 is 10.2 Å². The lowest BCUT2D eigenvalue weighted by Crippen LogP contribution is -2.31. The number of carbonyl (C=O) groups is 2. The SMILES string of the molecule is C=CC(=O)N1CCC(Nc2ncc(-c3ccc(C(F)(F)F)cc3)c3c2C(=O)[C@H](C)N=C3)C1. The van der Waals surface area contributed by atoms with Gasteiger partial charge in [-0.25, -0.2) is 4.98 Å². The lowest BCUT2D eigenvalue weighted by molar-refractivity contribution is -0.137. The summed E-state index contributed by atoms with van der Waals surface area (Å²) in [5, 5.41) is 3.27. The van der Waals surface area contributed by atoms with E-state index < -0.39 is 17.8 Å². The van der Waals surface area contributed by atoms with E-state index in [0.29, 0.717) is 47.6 Å². The van der Waals surface area contributed by atoms with E-state index in [9.17, 15) is 22.8 Å². The van der Waals surface area contributed by atoms with Gasteiger partial charge in [0.25, 0.3) is 0 Å². The van der Waals surface area contributed by atoms with E-state index in [1.165, 1.54) is 24.4 Å². The molecule has 1 fully saturated rings. The molecule has 9 heteroatoms. The Morgan fingerprint density at radius 2 is 2.00 bits per heavy atom. The molecule has 0 bridgehead atoms. The number of benzene rings is 1. The normalized spacial score (nSPS) is 20.2. The second kappa shape index (κ2) is 8.22. The summed E-state index contributed by atoms with van der Waals surface area (Å²) >= 11 is 0. The van der Waals surface area contributed by atoms with Crippen LogP contribution in [0, 0.1) is 0 Å². The van der Waals surface area contributed by atoms with Crippen molar-refractivity contribution in [2.75, 3.05) is 18.4 Å². The van der Waals surface area contributed by atoms with Crippen LogP contribution in [0.5, 0.6) is 0 Å². The van der Waals surface area contributed by atoms with Crippen molar-refractivity contribution in [1.82, 2.24) is 9.88 Å². The number of fused-ring (bicyclic) bond motifs is 1. The second-order valence-corrected chi connectivity index (χ2v) is 7.82. The number of rotatable bonds is 4. The Bertz CT molecular complexity index is 1110. The van der Waals surface area contributed by atoms with Crippen LogP contribution in [-0.2, 0) is 11.0 Å². The van der Waals surface area contributed by atoms with E-state index in [1.54, 1.807) is 18.0 Å². The maximum atomic E-state index is 13.0. The Balaban J connectivity index is 1.69. The molecule has 6 nitrogen and oxygen atoms in total. The predicted octanol–water partition coefficient (Wildman–Crippen LogP) is 3.97. The van der Waals surface area contributed by atoms with Crippen LogP contribution in [0.25, 0.3) is 11.1 Å². The maximum Gasteiger partial charge on any atom is 0.416 e. The Morgan fingerprint density at radius 3 is 2.66 bits per heavy atom. The Labute approximate surface area is 182 Å². The minimum absolute atomic E-state index is 0.0885. The van der Waals surface area contributed by atoms with Crippen molar-refractivity contribution in [3.63, 3.8) is 0 Å². The molecule has 1 N–H and O–H groups in total. The monoisotopic (exact) mass is 442 g/mol. The van der Waals surface area contributed by atoms with Gasteiger partial charge in [0, 0.05) is 42.7 Å². The largest absolute Gasteiger partial charge is 0.416 e. The summed E-state index contributed by atoms with van der Waals surface area (Å²) in [5.74, 6) is 0.0126. The summed E-state index contributed by atoms with van der Waals surface area (Å²) in [6.45, 7) is 6.21. The van der Waals surface area contributed by atoms with Crippen LogP contribution < -0.4 is 5.32 Å². The summed E-state index contributed by atoms with van der Waals surface area (Å²) in [7, 11) is 0. The van der Waals surface area contributed by atoms with Gasteiger partial charge in [-0.05, 0) is 37.1 Å². The van der Waals surface area contributed by atoms with Gasteiger partial charge in [0.05, 0.1) is 11.1 Å². The molecule has 2 aliphatic rings. The van der Waals surface area contributed by atoms with Gasteiger partial charge in [-0.3, -0.25) is 14.6 Å². The number of halogens is 3. The minimum Gasteiger partial charge on any atom is -0.365 e. The van der Waals surface area contributed by atoms with Crippen LogP contribution in [0.3, 0.4) is 0 Å². The molecule has 32 heavy (non-hydrogen) atoms. The lowest BCUT2D eigenvalue weighted by Gasteiger charge is -2.23.